The average Bonchev–Trinajstić information content (AvgIpc) is 2.86. The normalized spacial score (nSPS) is 12.3. The topological polar surface area (TPSA) is 84.0 Å². The number of benzene rings is 3. The number of hydrogen-bond acceptors (Lipinski definition) is 5. The van der Waals surface area contributed by atoms with Crippen molar-refractivity contribution in [2.75, 3.05) is 20.2 Å². The number of ether oxygens (including phenoxy) is 1. The van der Waals surface area contributed by atoms with Crippen LogP contribution in [0.3, 0.4) is 0 Å². The molecular formula is C25H29FN2O5S2. The van der Waals surface area contributed by atoms with E-state index >= 15 is 0 Å². The van der Waals surface area contributed by atoms with Gasteiger partial charge in [0.05, 0.1) is 16.9 Å². The lowest BCUT2D eigenvalue weighted by Gasteiger charge is -2.23. The highest BCUT2D eigenvalue weighted by Gasteiger charge is 2.28. The zero-order valence-corrected chi connectivity index (χ0v) is 21.5. The SMILES string of the molecule is CCN(CC)S(=O)(=O)c1ccc(S(=O)(=O)N(Cc2ccc(OC)cc2)Cc2ccccc2F)cc1. The minimum atomic E-state index is -4.10. The quantitative estimate of drug-likeness (QED) is 0.377. The Morgan fingerprint density at radius 2 is 1.23 bits per heavy atom. The first-order valence-corrected chi connectivity index (χ1v) is 14.0. The highest BCUT2D eigenvalue weighted by molar-refractivity contribution is 7.89. The molecule has 0 atom stereocenters. The molecular weight excluding hydrogens is 491 g/mol. The fourth-order valence-electron chi connectivity index (χ4n) is 3.62. The van der Waals surface area contributed by atoms with Crippen LogP contribution in [0.25, 0.3) is 0 Å². The molecule has 0 saturated heterocycles. The van der Waals surface area contributed by atoms with Crippen LogP contribution in [0.15, 0.2) is 82.6 Å². The highest BCUT2D eigenvalue weighted by Crippen LogP contribution is 2.25. The van der Waals surface area contributed by atoms with Gasteiger partial charge in [-0.3, -0.25) is 0 Å². The smallest absolute Gasteiger partial charge is 0.243 e. The zero-order valence-electron chi connectivity index (χ0n) is 19.9. The van der Waals surface area contributed by atoms with E-state index in [0.29, 0.717) is 24.4 Å². The molecule has 0 amide bonds. The van der Waals surface area contributed by atoms with Crippen LogP contribution in [-0.2, 0) is 33.1 Å². The summed E-state index contributed by atoms with van der Waals surface area (Å²) in [6.45, 7) is 3.87. The minimum Gasteiger partial charge on any atom is -0.497 e. The van der Waals surface area contributed by atoms with Crippen molar-refractivity contribution >= 4 is 20.0 Å². The minimum absolute atomic E-state index is 0.0101. The predicted molar refractivity (Wildman–Crippen MR) is 132 cm³/mol. The lowest BCUT2D eigenvalue weighted by Crippen LogP contribution is -2.31. The fraction of sp³-hybridized carbons (Fsp3) is 0.280. The molecule has 0 spiro atoms. The lowest BCUT2D eigenvalue weighted by molar-refractivity contribution is 0.392. The van der Waals surface area contributed by atoms with E-state index < -0.39 is 25.9 Å². The van der Waals surface area contributed by atoms with Crippen molar-refractivity contribution in [2.45, 2.75) is 36.7 Å². The molecule has 0 aliphatic heterocycles. The van der Waals surface area contributed by atoms with Crippen molar-refractivity contribution in [1.82, 2.24) is 8.61 Å². The fourth-order valence-corrected chi connectivity index (χ4v) is 6.49. The largest absolute Gasteiger partial charge is 0.497 e. The van der Waals surface area contributed by atoms with Crippen LogP contribution in [0.5, 0.6) is 5.75 Å². The molecule has 188 valence electrons. The summed E-state index contributed by atoms with van der Waals surface area (Å²) in [5, 5.41) is 0. The van der Waals surface area contributed by atoms with Gasteiger partial charge in [-0.05, 0) is 48.0 Å². The second-order valence-electron chi connectivity index (χ2n) is 7.77. The molecule has 0 N–H and O–H groups in total. The Hall–Kier alpha value is -2.79. The second kappa shape index (κ2) is 11.3. The third-order valence-corrected chi connectivity index (χ3v) is 9.50. The summed E-state index contributed by atoms with van der Waals surface area (Å²) in [6.07, 6.45) is 0. The summed E-state index contributed by atoms with van der Waals surface area (Å²) in [4.78, 5) is -0.0724. The number of sulfonamides is 2. The Morgan fingerprint density at radius 3 is 1.71 bits per heavy atom. The van der Waals surface area contributed by atoms with Crippen LogP contribution < -0.4 is 4.74 Å². The van der Waals surface area contributed by atoms with Gasteiger partial charge in [-0.1, -0.05) is 44.2 Å². The van der Waals surface area contributed by atoms with Gasteiger partial charge in [0.25, 0.3) is 0 Å². The summed E-state index contributed by atoms with van der Waals surface area (Å²) in [5.41, 5.74) is 0.914. The van der Waals surface area contributed by atoms with E-state index in [-0.39, 0.29) is 28.4 Å². The predicted octanol–water partition coefficient (Wildman–Crippen LogP) is 4.26. The standard InChI is InChI=1S/C25H29FN2O5S2/c1-4-27(5-2)34(29,30)23-14-16-24(17-15-23)35(31,32)28(19-21-8-6-7-9-25(21)26)18-20-10-12-22(33-3)13-11-20/h6-17H,4-5,18-19H2,1-3H3. The van der Waals surface area contributed by atoms with Gasteiger partial charge < -0.3 is 4.74 Å². The van der Waals surface area contributed by atoms with E-state index in [1.165, 1.54) is 58.2 Å². The molecule has 0 fully saturated rings. The number of rotatable bonds is 11. The Bertz CT molecular complexity index is 1340. The molecule has 3 rings (SSSR count). The number of halogens is 1. The number of hydrogen-bond donors (Lipinski definition) is 0. The van der Waals surface area contributed by atoms with E-state index in [9.17, 15) is 21.2 Å². The first-order chi connectivity index (χ1) is 16.6. The number of methoxy groups -OCH3 is 1. The van der Waals surface area contributed by atoms with Gasteiger partial charge >= 0.3 is 0 Å². The third-order valence-electron chi connectivity index (χ3n) is 5.63. The summed E-state index contributed by atoms with van der Waals surface area (Å²) in [6, 6.07) is 18.0. The van der Waals surface area contributed by atoms with Gasteiger partial charge in [0, 0.05) is 31.7 Å². The van der Waals surface area contributed by atoms with Crippen LogP contribution in [0, 0.1) is 5.82 Å². The molecule has 0 heterocycles. The Kier molecular flexibility index (Phi) is 8.65. The van der Waals surface area contributed by atoms with Gasteiger partial charge in [-0.2, -0.15) is 8.61 Å². The molecule has 3 aromatic carbocycles. The van der Waals surface area contributed by atoms with Gasteiger partial charge in [0.2, 0.25) is 20.0 Å². The molecule has 10 heteroatoms. The molecule has 3 aromatic rings. The van der Waals surface area contributed by atoms with E-state index in [2.05, 4.69) is 0 Å². The molecule has 0 aromatic heterocycles. The summed E-state index contributed by atoms with van der Waals surface area (Å²) in [5.74, 6) is 0.116. The molecule has 0 saturated carbocycles. The van der Waals surface area contributed by atoms with E-state index in [1.807, 2.05) is 0 Å². The van der Waals surface area contributed by atoms with Crippen molar-refractivity contribution in [2.24, 2.45) is 0 Å². The summed E-state index contributed by atoms with van der Waals surface area (Å²) >= 11 is 0. The van der Waals surface area contributed by atoms with Crippen LogP contribution in [0.4, 0.5) is 4.39 Å². The van der Waals surface area contributed by atoms with Crippen molar-refractivity contribution in [3.05, 3.63) is 89.7 Å². The Labute approximate surface area is 206 Å². The molecule has 35 heavy (non-hydrogen) atoms. The van der Waals surface area contributed by atoms with Crippen molar-refractivity contribution in [1.29, 1.82) is 0 Å². The van der Waals surface area contributed by atoms with Gasteiger partial charge in [0.15, 0.2) is 0 Å². The van der Waals surface area contributed by atoms with Crippen molar-refractivity contribution in [3.8, 4) is 5.75 Å². The van der Waals surface area contributed by atoms with Crippen LogP contribution in [0.2, 0.25) is 0 Å². The molecule has 0 aliphatic carbocycles. The van der Waals surface area contributed by atoms with Gasteiger partial charge in [0.1, 0.15) is 11.6 Å². The van der Waals surface area contributed by atoms with E-state index in [0.717, 1.165) is 0 Å². The summed E-state index contributed by atoms with van der Waals surface area (Å²) < 4.78 is 74.8. The monoisotopic (exact) mass is 520 g/mol. The Balaban J connectivity index is 1.98. The molecule has 7 nitrogen and oxygen atoms in total. The van der Waals surface area contributed by atoms with Gasteiger partial charge in [-0.15, -0.1) is 0 Å². The average molecular weight is 521 g/mol. The lowest BCUT2D eigenvalue weighted by atomic mass is 10.2. The second-order valence-corrected chi connectivity index (χ2v) is 11.6. The van der Waals surface area contributed by atoms with Crippen molar-refractivity contribution in [3.63, 3.8) is 0 Å². The zero-order chi connectivity index (χ0) is 25.6. The summed E-state index contributed by atoms with van der Waals surface area (Å²) in [7, 11) is -6.29. The molecule has 0 unspecified atom stereocenters. The first kappa shape index (κ1) is 26.8. The van der Waals surface area contributed by atoms with Crippen LogP contribution in [-0.4, -0.2) is 45.6 Å². The number of nitrogens with zero attached hydrogens (tertiary/aromatic N) is 2. The maximum Gasteiger partial charge on any atom is 0.243 e. The maximum atomic E-state index is 14.4. The van der Waals surface area contributed by atoms with Crippen molar-refractivity contribution < 1.29 is 26.0 Å². The van der Waals surface area contributed by atoms with Crippen LogP contribution >= 0.6 is 0 Å². The van der Waals surface area contributed by atoms with Gasteiger partial charge in [-0.25, -0.2) is 21.2 Å². The highest BCUT2D eigenvalue weighted by atomic mass is 32.2. The molecule has 0 radical (unpaired) electrons. The first-order valence-electron chi connectivity index (χ1n) is 11.1. The van der Waals surface area contributed by atoms with E-state index in [1.54, 1.807) is 44.2 Å². The Morgan fingerprint density at radius 1 is 0.714 bits per heavy atom. The molecule has 0 bridgehead atoms. The van der Waals surface area contributed by atoms with E-state index in [4.69, 9.17) is 4.74 Å². The molecule has 0 aliphatic rings. The maximum absolute atomic E-state index is 14.4. The third kappa shape index (κ3) is 6.07. The van der Waals surface area contributed by atoms with Crippen LogP contribution in [0.1, 0.15) is 25.0 Å².